The van der Waals surface area contributed by atoms with Crippen molar-refractivity contribution in [2.75, 3.05) is 13.2 Å². The normalized spacial score (nSPS) is 17.0. The summed E-state index contributed by atoms with van der Waals surface area (Å²) in [5, 5.41) is 2.55. The molecule has 0 amide bonds. The molecular formula is C14H14O2. The van der Waals surface area contributed by atoms with Crippen LogP contribution in [-0.4, -0.2) is 19.5 Å². The fourth-order valence-electron chi connectivity index (χ4n) is 2.08. The Morgan fingerprint density at radius 2 is 1.69 bits per heavy atom. The van der Waals surface area contributed by atoms with Gasteiger partial charge >= 0.3 is 0 Å². The minimum absolute atomic E-state index is 0.0545. The summed E-state index contributed by atoms with van der Waals surface area (Å²) in [6.07, 6.45) is 0.784. The van der Waals surface area contributed by atoms with Crippen molar-refractivity contribution in [2.24, 2.45) is 0 Å². The Morgan fingerprint density at radius 3 is 2.50 bits per heavy atom. The van der Waals surface area contributed by atoms with E-state index in [1.165, 1.54) is 16.3 Å². The Bertz CT molecular complexity index is 487. The van der Waals surface area contributed by atoms with Gasteiger partial charge in [0.1, 0.15) is 0 Å². The molecule has 0 aromatic heterocycles. The highest BCUT2D eigenvalue weighted by atomic mass is 16.7. The second-order valence-electron chi connectivity index (χ2n) is 4.06. The molecule has 1 saturated heterocycles. The summed E-state index contributed by atoms with van der Waals surface area (Å²) >= 11 is 0. The zero-order chi connectivity index (χ0) is 10.8. The van der Waals surface area contributed by atoms with Crippen LogP contribution in [0.25, 0.3) is 10.8 Å². The minimum Gasteiger partial charge on any atom is -0.350 e. The fraction of sp³-hybridized carbons (Fsp3) is 0.286. The zero-order valence-corrected chi connectivity index (χ0v) is 9.06. The van der Waals surface area contributed by atoms with E-state index in [0.29, 0.717) is 0 Å². The molecule has 0 bridgehead atoms. The number of fused-ring (bicyclic) bond motifs is 1. The van der Waals surface area contributed by atoms with Gasteiger partial charge < -0.3 is 9.47 Å². The third-order valence-corrected chi connectivity index (χ3v) is 2.91. The van der Waals surface area contributed by atoms with Crippen molar-refractivity contribution in [1.29, 1.82) is 0 Å². The van der Waals surface area contributed by atoms with Crippen LogP contribution in [0.2, 0.25) is 0 Å². The Balaban J connectivity index is 1.86. The van der Waals surface area contributed by atoms with Crippen molar-refractivity contribution in [2.45, 2.75) is 12.7 Å². The van der Waals surface area contributed by atoms with Crippen molar-refractivity contribution in [1.82, 2.24) is 0 Å². The van der Waals surface area contributed by atoms with E-state index in [1.54, 1.807) is 0 Å². The van der Waals surface area contributed by atoms with E-state index in [2.05, 4.69) is 42.5 Å². The molecule has 0 saturated carbocycles. The first-order valence-corrected chi connectivity index (χ1v) is 5.63. The first kappa shape index (κ1) is 9.82. The molecule has 82 valence electrons. The molecule has 0 radical (unpaired) electrons. The lowest BCUT2D eigenvalue weighted by Gasteiger charge is -2.09. The van der Waals surface area contributed by atoms with Crippen molar-refractivity contribution < 1.29 is 9.47 Å². The molecule has 0 N–H and O–H groups in total. The molecule has 2 heteroatoms. The molecule has 0 spiro atoms. The number of benzene rings is 2. The highest BCUT2D eigenvalue weighted by Crippen LogP contribution is 2.18. The van der Waals surface area contributed by atoms with Gasteiger partial charge in [-0.1, -0.05) is 42.5 Å². The molecule has 0 atom stereocenters. The highest BCUT2D eigenvalue weighted by molar-refractivity contribution is 5.82. The van der Waals surface area contributed by atoms with Crippen molar-refractivity contribution in [3.8, 4) is 0 Å². The van der Waals surface area contributed by atoms with Crippen LogP contribution in [0.3, 0.4) is 0 Å². The lowest BCUT2D eigenvalue weighted by molar-refractivity contribution is -0.0399. The van der Waals surface area contributed by atoms with Gasteiger partial charge in [0, 0.05) is 6.42 Å². The summed E-state index contributed by atoms with van der Waals surface area (Å²) in [5.41, 5.74) is 1.27. The van der Waals surface area contributed by atoms with E-state index in [9.17, 15) is 0 Å². The van der Waals surface area contributed by atoms with Crippen molar-refractivity contribution >= 4 is 10.8 Å². The largest absolute Gasteiger partial charge is 0.350 e. The Morgan fingerprint density at radius 1 is 0.938 bits per heavy atom. The maximum Gasteiger partial charge on any atom is 0.161 e. The van der Waals surface area contributed by atoms with Crippen LogP contribution >= 0.6 is 0 Å². The van der Waals surface area contributed by atoms with Gasteiger partial charge in [0.2, 0.25) is 0 Å². The second-order valence-corrected chi connectivity index (χ2v) is 4.06. The Kier molecular flexibility index (Phi) is 2.60. The SMILES string of the molecule is c1ccc2cc(CC3OCCO3)ccc2c1. The minimum atomic E-state index is -0.0545. The van der Waals surface area contributed by atoms with E-state index in [0.717, 1.165) is 19.6 Å². The van der Waals surface area contributed by atoms with Crippen LogP contribution < -0.4 is 0 Å². The van der Waals surface area contributed by atoms with Gasteiger partial charge in [-0.3, -0.25) is 0 Å². The maximum atomic E-state index is 5.45. The standard InChI is InChI=1S/C14H14O2/c1-2-4-13-9-11(5-6-12(13)3-1)10-14-15-7-8-16-14/h1-6,9,14H,7-8,10H2. The lowest BCUT2D eigenvalue weighted by Crippen LogP contribution is -2.10. The quantitative estimate of drug-likeness (QED) is 0.765. The van der Waals surface area contributed by atoms with E-state index in [-0.39, 0.29) is 6.29 Å². The van der Waals surface area contributed by atoms with Gasteiger partial charge in [-0.15, -0.1) is 0 Å². The predicted molar refractivity (Wildman–Crippen MR) is 63.3 cm³/mol. The summed E-state index contributed by atoms with van der Waals surface area (Å²) in [4.78, 5) is 0. The first-order chi connectivity index (χ1) is 7.92. The predicted octanol–water partition coefficient (Wildman–Crippen LogP) is 2.76. The second kappa shape index (κ2) is 4.24. The third kappa shape index (κ3) is 1.94. The monoisotopic (exact) mass is 214 g/mol. The molecule has 1 heterocycles. The van der Waals surface area contributed by atoms with Crippen LogP contribution in [0.15, 0.2) is 42.5 Å². The van der Waals surface area contributed by atoms with E-state index in [1.807, 2.05) is 0 Å². The number of rotatable bonds is 2. The van der Waals surface area contributed by atoms with Gasteiger partial charge in [0.05, 0.1) is 13.2 Å². The zero-order valence-electron chi connectivity index (χ0n) is 9.06. The maximum absolute atomic E-state index is 5.45. The van der Waals surface area contributed by atoms with Gasteiger partial charge in [-0.25, -0.2) is 0 Å². The lowest BCUT2D eigenvalue weighted by atomic mass is 10.1. The summed E-state index contributed by atoms with van der Waals surface area (Å²) < 4.78 is 10.9. The van der Waals surface area contributed by atoms with Gasteiger partial charge in [0.25, 0.3) is 0 Å². The molecule has 2 aromatic rings. The molecule has 1 aliphatic heterocycles. The first-order valence-electron chi connectivity index (χ1n) is 5.63. The Hall–Kier alpha value is -1.38. The molecule has 16 heavy (non-hydrogen) atoms. The fourth-order valence-corrected chi connectivity index (χ4v) is 2.08. The van der Waals surface area contributed by atoms with Gasteiger partial charge in [0.15, 0.2) is 6.29 Å². The van der Waals surface area contributed by atoms with E-state index in [4.69, 9.17) is 9.47 Å². The van der Waals surface area contributed by atoms with Crippen LogP contribution in [-0.2, 0) is 15.9 Å². The molecular weight excluding hydrogens is 200 g/mol. The molecule has 0 aliphatic carbocycles. The van der Waals surface area contributed by atoms with Gasteiger partial charge in [-0.05, 0) is 16.3 Å². The summed E-state index contributed by atoms with van der Waals surface area (Å²) in [6, 6.07) is 14.9. The van der Waals surface area contributed by atoms with Gasteiger partial charge in [-0.2, -0.15) is 0 Å². The van der Waals surface area contributed by atoms with E-state index >= 15 is 0 Å². The molecule has 2 nitrogen and oxygen atoms in total. The van der Waals surface area contributed by atoms with Crippen LogP contribution in [0.1, 0.15) is 5.56 Å². The molecule has 0 unspecified atom stereocenters. The average Bonchev–Trinajstić information content (AvgIpc) is 2.82. The van der Waals surface area contributed by atoms with Crippen LogP contribution in [0, 0.1) is 0 Å². The summed E-state index contributed by atoms with van der Waals surface area (Å²) in [6.45, 7) is 1.44. The summed E-state index contributed by atoms with van der Waals surface area (Å²) in [5.74, 6) is 0. The number of hydrogen-bond acceptors (Lipinski definition) is 2. The smallest absolute Gasteiger partial charge is 0.161 e. The summed E-state index contributed by atoms with van der Waals surface area (Å²) in [7, 11) is 0. The third-order valence-electron chi connectivity index (χ3n) is 2.91. The highest BCUT2D eigenvalue weighted by Gasteiger charge is 2.16. The van der Waals surface area contributed by atoms with Crippen LogP contribution in [0.4, 0.5) is 0 Å². The number of hydrogen-bond donors (Lipinski definition) is 0. The average molecular weight is 214 g/mol. The molecule has 1 fully saturated rings. The van der Waals surface area contributed by atoms with E-state index < -0.39 is 0 Å². The number of ether oxygens (including phenoxy) is 2. The molecule has 1 aliphatic rings. The molecule has 2 aromatic carbocycles. The Labute approximate surface area is 94.8 Å². The molecule has 3 rings (SSSR count). The van der Waals surface area contributed by atoms with Crippen LogP contribution in [0.5, 0.6) is 0 Å². The topological polar surface area (TPSA) is 18.5 Å². The van der Waals surface area contributed by atoms with Crippen molar-refractivity contribution in [3.63, 3.8) is 0 Å². The van der Waals surface area contributed by atoms with Crippen molar-refractivity contribution in [3.05, 3.63) is 48.0 Å².